The van der Waals surface area contributed by atoms with Gasteiger partial charge in [0.1, 0.15) is 0 Å². The van der Waals surface area contributed by atoms with E-state index < -0.39 is 0 Å². The second-order valence-corrected chi connectivity index (χ2v) is 5.38. The standard InChI is InChI=1S/C15H26O2/c1-4-5-8-13-14(16-2)11-9-6-7-10-12(11)15(13)17-3/h13-15H,4-10H2,1-3H3/t13?,14-,15+. The maximum atomic E-state index is 5.78. The minimum atomic E-state index is 0.335. The van der Waals surface area contributed by atoms with Gasteiger partial charge in [0.25, 0.3) is 0 Å². The summed E-state index contributed by atoms with van der Waals surface area (Å²) in [5, 5.41) is 0. The Morgan fingerprint density at radius 2 is 1.53 bits per heavy atom. The summed E-state index contributed by atoms with van der Waals surface area (Å²) in [6, 6.07) is 0. The Morgan fingerprint density at radius 1 is 1.00 bits per heavy atom. The molecule has 2 aliphatic rings. The highest BCUT2D eigenvalue weighted by Crippen LogP contribution is 2.45. The van der Waals surface area contributed by atoms with E-state index in [9.17, 15) is 0 Å². The number of rotatable bonds is 5. The van der Waals surface area contributed by atoms with Gasteiger partial charge in [-0.15, -0.1) is 0 Å². The van der Waals surface area contributed by atoms with Gasteiger partial charge in [-0.25, -0.2) is 0 Å². The Labute approximate surface area is 105 Å². The van der Waals surface area contributed by atoms with Crippen molar-refractivity contribution in [1.82, 2.24) is 0 Å². The minimum absolute atomic E-state index is 0.335. The maximum Gasteiger partial charge on any atom is 0.0840 e. The van der Waals surface area contributed by atoms with E-state index >= 15 is 0 Å². The van der Waals surface area contributed by atoms with E-state index in [4.69, 9.17) is 9.47 Å². The first-order valence-electron chi connectivity index (χ1n) is 7.10. The molecule has 0 saturated heterocycles. The molecule has 0 amide bonds. The highest BCUT2D eigenvalue weighted by atomic mass is 16.5. The Hall–Kier alpha value is -0.340. The van der Waals surface area contributed by atoms with Gasteiger partial charge in [0.05, 0.1) is 12.2 Å². The molecule has 0 fully saturated rings. The molecule has 0 aliphatic heterocycles. The highest BCUT2D eigenvalue weighted by Gasteiger charge is 2.42. The van der Waals surface area contributed by atoms with Crippen LogP contribution < -0.4 is 0 Å². The second-order valence-electron chi connectivity index (χ2n) is 5.38. The molecule has 1 unspecified atom stereocenters. The molecule has 2 nitrogen and oxygen atoms in total. The van der Waals surface area contributed by atoms with Crippen LogP contribution in [0.5, 0.6) is 0 Å². The van der Waals surface area contributed by atoms with Crippen LogP contribution in [0.25, 0.3) is 0 Å². The molecule has 0 saturated carbocycles. The predicted molar refractivity (Wildman–Crippen MR) is 70.1 cm³/mol. The lowest BCUT2D eigenvalue weighted by Gasteiger charge is -2.25. The summed E-state index contributed by atoms with van der Waals surface area (Å²) in [5.74, 6) is 0.563. The Bertz CT molecular complexity index is 259. The summed E-state index contributed by atoms with van der Waals surface area (Å²) in [7, 11) is 3.72. The summed E-state index contributed by atoms with van der Waals surface area (Å²) < 4.78 is 11.6. The smallest absolute Gasteiger partial charge is 0.0840 e. The average molecular weight is 238 g/mol. The molecule has 0 aromatic heterocycles. The largest absolute Gasteiger partial charge is 0.377 e. The topological polar surface area (TPSA) is 18.5 Å². The molecule has 3 atom stereocenters. The van der Waals surface area contributed by atoms with E-state index in [2.05, 4.69) is 6.92 Å². The lowest BCUT2D eigenvalue weighted by atomic mass is 9.92. The summed E-state index contributed by atoms with van der Waals surface area (Å²) in [6.45, 7) is 2.26. The van der Waals surface area contributed by atoms with Crippen LogP contribution in [-0.4, -0.2) is 26.4 Å². The van der Waals surface area contributed by atoms with E-state index in [1.54, 1.807) is 11.1 Å². The first-order chi connectivity index (χ1) is 8.33. The van der Waals surface area contributed by atoms with Gasteiger partial charge >= 0.3 is 0 Å². The normalized spacial score (nSPS) is 33.0. The number of hydrogen-bond donors (Lipinski definition) is 0. The molecule has 0 N–H and O–H groups in total. The van der Waals surface area contributed by atoms with Crippen LogP contribution >= 0.6 is 0 Å². The van der Waals surface area contributed by atoms with Crippen molar-refractivity contribution >= 4 is 0 Å². The van der Waals surface area contributed by atoms with Gasteiger partial charge in [-0.1, -0.05) is 19.8 Å². The van der Waals surface area contributed by atoms with Crippen LogP contribution in [0.4, 0.5) is 0 Å². The fraction of sp³-hybridized carbons (Fsp3) is 0.867. The Kier molecular flexibility index (Phi) is 4.63. The van der Waals surface area contributed by atoms with Crippen molar-refractivity contribution in [2.75, 3.05) is 14.2 Å². The molecule has 2 heteroatoms. The van der Waals surface area contributed by atoms with Crippen molar-refractivity contribution in [2.24, 2.45) is 5.92 Å². The van der Waals surface area contributed by atoms with E-state index in [1.807, 2.05) is 14.2 Å². The number of hydrogen-bond acceptors (Lipinski definition) is 2. The van der Waals surface area contributed by atoms with Gasteiger partial charge in [0.15, 0.2) is 0 Å². The van der Waals surface area contributed by atoms with Crippen molar-refractivity contribution in [3.05, 3.63) is 11.1 Å². The summed E-state index contributed by atoms with van der Waals surface area (Å²) in [5.41, 5.74) is 3.15. The first-order valence-corrected chi connectivity index (χ1v) is 7.10. The third-order valence-electron chi connectivity index (χ3n) is 4.42. The van der Waals surface area contributed by atoms with Crippen LogP contribution in [0.2, 0.25) is 0 Å². The predicted octanol–water partition coefficient (Wildman–Crippen LogP) is 3.71. The van der Waals surface area contributed by atoms with Gasteiger partial charge < -0.3 is 9.47 Å². The zero-order chi connectivity index (χ0) is 12.3. The van der Waals surface area contributed by atoms with Gasteiger partial charge in [-0.05, 0) is 43.3 Å². The van der Waals surface area contributed by atoms with Crippen molar-refractivity contribution in [3.8, 4) is 0 Å². The molecule has 0 aromatic carbocycles. The second kappa shape index (κ2) is 6.01. The molecule has 98 valence electrons. The average Bonchev–Trinajstić information content (AvgIpc) is 2.68. The maximum absolute atomic E-state index is 5.78. The zero-order valence-corrected chi connectivity index (χ0v) is 11.5. The third kappa shape index (κ3) is 2.43. The first kappa shape index (κ1) is 13.1. The molecule has 17 heavy (non-hydrogen) atoms. The van der Waals surface area contributed by atoms with E-state index in [1.165, 1.54) is 44.9 Å². The molecule has 0 bridgehead atoms. The summed E-state index contributed by atoms with van der Waals surface area (Å²) >= 11 is 0. The fourth-order valence-electron chi connectivity index (χ4n) is 3.65. The lowest BCUT2D eigenvalue weighted by molar-refractivity contribution is 0.0126. The van der Waals surface area contributed by atoms with Crippen LogP contribution in [0.3, 0.4) is 0 Å². The third-order valence-corrected chi connectivity index (χ3v) is 4.42. The number of ether oxygens (including phenoxy) is 2. The van der Waals surface area contributed by atoms with E-state index in [0.717, 1.165) is 0 Å². The van der Waals surface area contributed by atoms with Crippen molar-refractivity contribution in [3.63, 3.8) is 0 Å². The highest BCUT2D eigenvalue weighted by molar-refractivity contribution is 5.33. The minimum Gasteiger partial charge on any atom is -0.377 e. The monoisotopic (exact) mass is 238 g/mol. The van der Waals surface area contributed by atoms with Gasteiger partial charge in [-0.3, -0.25) is 0 Å². The van der Waals surface area contributed by atoms with Crippen molar-refractivity contribution in [1.29, 1.82) is 0 Å². The Morgan fingerprint density at radius 3 is 1.94 bits per heavy atom. The molecule has 2 rings (SSSR count). The zero-order valence-electron chi connectivity index (χ0n) is 11.5. The molecule has 0 spiro atoms. The summed E-state index contributed by atoms with van der Waals surface area (Å²) in [4.78, 5) is 0. The molecule has 2 aliphatic carbocycles. The van der Waals surface area contributed by atoms with Crippen molar-refractivity contribution < 1.29 is 9.47 Å². The van der Waals surface area contributed by atoms with Gasteiger partial charge in [0.2, 0.25) is 0 Å². The van der Waals surface area contributed by atoms with Crippen LogP contribution in [0.1, 0.15) is 51.9 Å². The lowest BCUT2D eigenvalue weighted by Crippen LogP contribution is -2.29. The molecular formula is C15H26O2. The van der Waals surface area contributed by atoms with E-state index in [-0.39, 0.29) is 0 Å². The molecule has 0 aromatic rings. The van der Waals surface area contributed by atoms with Gasteiger partial charge in [0, 0.05) is 20.1 Å². The summed E-state index contributed by atoms with van der Waals surface area (Å²) in [6.07, 6.45) is 9.57. The van der Waals surface area contributed by atoms with E-state index in [0.29, 0.717) is 18.1 Å². The quantitative estimate of drug-likeness (QED) is 0.680. The Balaban J connectivity index is 2.17. The van der Waals surface area contributed by atoms with Crippen molar-refractivity contribution in [2.45, 2.75) is 64.1 Å². The van der Waals surface area contributed by atoms with Gasteiger partial charge in [-0.2, -0.15) is 0 Å². The number of unbranched alkanes of at least 4 members (excludes halogenated alkanes) is 1. The molecule has 0 heterocycles. The van der Waals surface area contributed by atoms with Crippen LogP contribution in [-0.2, 0) is 9.47 Å². The van der Waals surface area contributed by atoms with Crippen LogP contribution in [0.15, 0.2) is 11.1 Å². The fourth-order valence-corrected chi connectivity index (χ4v) is 3.65. The number of methoxy groups -OCH3 is 2. The molecular weight excluding hydrogens is 212 g/mol. The SMILES string of the molecule is CCCCC1[C@H](OC)C2=C(CCCC2)[C@@H]1OC. The van der Waals surface area contributed by atoms with Crippen LogP contribution in [0, 0.1) is 5.92 Å². The molecule has 0 radical (unpaired) electrons.